The van der Waals surface area contributed by atoms with Gasteiger partial charge in [0.2, 0.25) is 0 Å². The number of rotatable bonds is 7. The molecule has 1 N–H and O–H groups in total. The van der Waals surface area contributed by atoms with Crippen LogP contribution < -0.4 is 0 Å². The van der Waals surface area contributed by atoms with Crippen molar-refractivity contribution < 1.29 is 9.52 Å². The van der Waals surface area contributed by atoms with E-state index in [4.69, 9.17) is 32.7 Å². The first kappa shape index (κ1) is 15.4. The van der Waals surface area contributed by atoms with E-state index < -0.39 is 0 Å². The maximum absolute atomic E-state index is 8.74. The molecule has 0 spiro atoms. The molecular weight excluding hydrogens is 297 g/mol. The Morgan fingerprint density at radius 1 is 1.00 bits per heavy atom. The Bertz CT molecular complexity index is 537. The van der Waals surface area contributed by atoms with Crippen molar-refractivity contribution in [1.29, 1.82) is 0 Å². The average Bonchev–Trinajstić information content (AvgIpc) is 2.80. The lowest BCUT2D eigenvalue weighted by molar-refractivity contribution is 0.282. The summed E-state index contributed by atoms with van der Waals surface area (Å²) in [6.07, 6.45) is 4.71. The minimum absolute atomic E-state index is 0.167. The molecular formula is C15H17Cl2NO2. The molecule has 5 heteroatoms. The van der Waals surface area contributed by atoms with Crippen molar-refractivity contribution in [2.45, 2.75) is 32.1 Å². The molecule has 0 unspecified atom stereocenters. The zero-order valence-electron chi connectivity index (χ0n) is 11.1. The summed E-state index contributed by atoms with van der Waals surface area (Å²) in [5, 5.41) is 9.60. The second-order valence-electron chi connectivity index (χ2n) is 4.63. The van der Waals surface area contributed by atoms with E-state index >= 15 is 0 Å². The zero-order valence-corrected chi connectivity index (χ0v) is 12.6. The summed E-state index contributed by atoms with van der Waals surface area (Å²) in [6, 6.07) is 7.46. The van der Waals surface area contributed by atoms with Crippen molar-refractivity contribution in [1.82, 2.24) is 4.98 Å². The monoisotopic (exact) mass is 313 g/mol. The van der Waals surface area contributed by atoms with E-state index in [1.54, 1.807) is 0 Å². The van der Waals surface area contributed by atoms with Crippen LogP contribution in [0.1, 0.15) is 31.4 Å². The summed E-state index contributed by atoms with van der Waals surface area (Å²) in [5.41, 5.74) is 1.74. The van der Waals surface area contributed by atoms with Gasteiger partial charge in [-0.2, -0.15) is 4.98 Å². The van der Waals surface area contributed by atoms with Crippen molar-refractivity contribution in [2.24, 2.45) is 0 Å². The minimum Gasteiger partial charge on any atom is -0.432 e. The number of benzene rings is 1. The molecule has 0 saturated heterocycles. The van der Waals surface area contributed by atoms with Gasteiger partial charge >= 0.3 is 0 Å². The molecule has 2 rings (SSSR count). The van der Waals surface area contributed by atoms with Crippen molar-refractivity contribution in [2.75, 3.05) is 6.61 Å². The lowest BCUT2D eigenvalue weighted by Crippen LogP contribution is -1.89. The molecule has 0 aliphatic heterocycles. The Morgan fingerprint density at radius 2 is 1.70 bits per heavy atom. The maximum Gasteiger partial charge on any atom is 0.292 e. The van der Waals surface area contributed by atoms with Crippen LogP contribution >= 0.6 is 23.2 Å². The molecule has 1 aromatic carbocycles. The molecule has 2 aromatic rings. The first-order valence-electron chi connectivity index (χ1n) is 6.72. The third-order valence-electron chi connectivity index (χ3n) is 3.10. The second kappa shape index (κ2) is 7.67. The lowest BCUT2D eigenvalue weighted by Gasteiger charge is -2.02. The fraction of sp³-hybridized carbons (Fsp3) is 0.400. The quantitative estimate of drug-likeness (QED) is 0.751. The molecule has 0 radical (unpaired) electrons. The molecule has 3 nitrogen and oxygen atoms in total. The molecule has 1 aromatic heterocycles. The second-order valence-corrected chi connectivity index (χ2v) is 5.39. The number of halogens is 2. The first-order chi connectivity index (χ1) is 9.70. The topological polar surface area (TPSA) is 46.3 Å². The summed E-state index contributed by atoms with van der Waals surface area (Å²) < 4.78 is 5.48. The number of unbranched alkanes of at least 4 members (excludes halogenated alkanes) is 3. The van der Waals surface area contributed by atoms with Gasteiger partial charge in [0.05, 0.1) is 0 Å². The van der Waals surface area contributed by atoms with Gasteiger partial charge in [-0.25, -0.2) is 0 Å². The number of oxazole rings is 1. The molecule has 0 fully saturated rings. The van der Waals surface area contributed by atoms with Crippen molar-refractivity contribution in [3.63, 3.8) is 0 Å². The molecule has 0 aliphatic carbocycles. The zero-order chi connectivity index (χ0) is 14.4. The van der Waals surface area contributed by atoms with E-state index in [1.807, 2.05) is 24.3 Å². The summed E-state index contributed by atoms with van der Waals surface area (Å²) >= 11 is 11.8. The minimum atomic E-state index is 0.167. The van der Waals surface area contributed by atoms with Crippen LogP contribution in [-0.4, -0.2) is 16.7 Å². The van der Waals surface area contributed by atoms with Crippen LogP contribution in [0.3, 0.4) is 0 Å². The van der Waals surface area contributed by atoms with E-state index in [-0.39, 0.29) is 12.0 Å². The number of nitrogens with zero attached hydrogens (tertiary/aromatic N) is 1. The van der Waals surface area contributed by atoms with Crippen molar-refractivity contribution in [3.05, 3.63) is 40.4 Å². The van der Waals surface area contributed by atoms with Gasteiger partial charge in [-0.1, -0.05) is 36.6 Å². The van der Waals surface area contributed by atoms with E-state index in [9.17, 15) is 0 Å². The Morgan fingerprint density at radius 3 is 2.40 bits per heavy atom. The molecule has 20 heavy (non-hydrogen) atoms. The third-order valence-corrected chi connectivity index (χ3v) is 3.51. The smallest absolute Gasteiger partial charge is 0.292 e. The number of aryl methyl sites for hydroxylation is 1. The van der Waals surface area contributed by atoms with Gasteiger partial charge in [0.15, 0.2) is 0 Å². The van der Waals surface area contributed by atoms with Crippen LogP contribution in [0, 0.1) is 0 Å². The highest BCUT2D eigenvalue weighted by Crippen LogP contribution is 2.28. The predicted molar refractivity (Wildman–Crippen MR) is 81.2 cm³/mol. The van der Waals surface area contributed by atoms with Gasteiger partial charge in [-0.15, -0.1) is 0 Å². The molecule has 0 bridgehead atoms. The molecule has 0 saturated carbocycles. The van der Waals surface area contributed by atoms with Crippen LogP contribution in [0.25, 0.3) is 11.3 Å². The fourth-order valence-corrected chi connectivity index (χ4v) is 2.38. The van der Waals surface area contributed by atoms with Crippen LogP contribution in [-0.2, 0) is 6.42 Å². The maximum atomic E-state index is 8.74. The van der Waals surface area contributed by atoms with E-state index in [0.717, 1.165) is 49.1 Å². The summed E-state index contributed by atoms with van der Waals surface area (Å²) in [6.45, 7) is 0.254. The van der Waals surface area contributed by atoms with Crippen LogP contribution in [0.2, 0.25) is 10.4 Å². The van der Waals surface area contributed by atoms with Gasteiger partial charge in [-0.3, -0.25) is 0 Å². The summed E-state index contributed by atoms with van der Waals surface area (Å²) in [5.74, 6) is 0.807. The number of aromatic nitrogens is 1. The Kier molecular flexibility index (Phi) is 5.89. The van der Waals surface area contributed by atoms with Gasteiger partial charge < -0.3 is 9.52 Å². The van der Waals surface area contributed by atoms with Gasteiger partial charge in [0.25, 0.3) is 5.35 Å². The van der Waals surface area contributed by atoms with E-state index in [1.165, 1.54) is 0 Å². The largest absolute Gasteiger partial charge is 0.432 e. The first-order valence-corrected chi connectivity index (χ1v) is 7.48. The Labute approximate surface area is 128 Å². The van der Waals surface area contributed by atoms with Crippen molar-refractivity contribution in [3.8, 4) is 11.3 Å². The van der Waals surface area contributed by atoms with Crippen LogP contribution in [0.15, 0.2) is 28.7 Å². The number of hydrogen-bond donors (Lipinski definition) is 1. The standard InChI is InChI=1S/C15H17Cl2NO2/c16-12-8-6-11(7-9-12)14-13(20-15(17)18-14)5-3-1-2-4-10-19/h6-9,19H,1-5,10H2. The SMILES string of the molecule is OCCCCCCc1oc(Cl)nc1-c1ccc(Cl)cc1. The number of aliphatic hydroxyl groups excluding tert-OH is 1. The lowest BCUT2D eigenvalue weighted by atomic mass is 10.1. The Hall–Kier alpha value is -1.03. The highest BCUT2D eigenvalue weighted by molar-refractivity contribution is 6.30. The Balaban J connectivity index is 2.04. The third kappa shape index (κ3) is 4.23. The van der Waals surface area contributed by atoms with Crippen LogP contribution in [0.4, 0.5) is 0 Å². The number of hydrogen-bond acceptors (Lipinski definition) is 3. The average molecular weight is 314 g/mol. The number of aliphatic hydroxyl groups is 1. The predicted octanol–water partition coefficient (Wildman–Crippen LogP) is 4.74. The molecule has 0 amide bonds. The highest BCUT2D eigenvalue weighted by atomic mass is 35.5. The van der Waals surface area contributed by atoms with E-state index in [2.05, 4.69) is 4.98 Å². The van der Waals surface area contributed by atoms with E-state index in [0.29, 0.717) is 5.02 Å². The summed E-state index contributed by atoms with van der Waals surface area (Å²) in [4.78, 5) is 4.24. The molecule has 0 atom stereocenters. The molecule has 0 aliphatic rings. The molecule has 1 heterocycles. The summed E-state index contributed by atoms with van der Waals surface area (Å²) in [7, 11) is 0. The van der Waals surface area contributed by atoms with Gasteiger partial charge in [-0.05, 0) is 36.6 Å². The van der Waals surface area contributed by atoms with Crippen LogP contribution in [0.5, 0.6) is 0 Å². The van der Waals surface area contributed by atoms with Gasteiger partial charge in [0, 0.05) is 23.6 Å². The fourth-order valence-electron chi connectivity index (χ4n) is 2.08. The molecule has 108 valence electrons. The van der Waals surface area contributed by atoms with Crippen molar-refractivity contribution >= 4 is 23.2 Å². The van der Waals surface area contributed by atoms with Gasteiger partial charge in [0.1, 0.15) is 11.5 Å². The highest BCUT2D eigenvalue weighted by Gasteiger charge is 2.13. The normalized spacial score (nSPS) is 10.9.